The summed E-state index contributed by atoms with van der Waals surface area (Å²) < 4.78 is 0. The van der Waals surface area contributed by atoms with Crippen molar-refractivity contribution in [3.63, 3.8) is 0 Å². The van der Waals surface area contributed by atoms with Crippen molar-refractivity contribution in [1.29, 1.82) is 0 Å². The molecule has 1 aromatic rings. The maximum atomic E-state index is 5.95. The molecule has 0 radical (unpaired) electrons. The fourth-order valence-electron chi connectivity index (χ4n) is 1.65. The van der Waals surface area contributed by atoms with E-state index in [1.165, 1.54) is 0 Å². The zero-order valence-electron chi connectivity index (χ0n) is 8.13. The number of rotatable bonds is 2. The standard InChI is InChI=1S/C10H14ClN3/c1-6-2-9(10(11)13-5-6)14-8-3-7(12)4-8/h2,5,7-8,14H,3-4,12H2,1H3. The molecule has 0 spiro atoms. The molecule has 2 rings (SSSR count). The normalized spacial score (nSPS) is 25.6. The van der Waals surface area contributed by atoms with Gasteiger partial charge in [-0.15, -0.1) is 0 Å². The summed E-state index contributed by atoms with van der Waals surface area (Å²) in [5.74, 6) is 0. The molecular weight excluding hydrogens is 198 g/mol. The third kappa shape index (κ3) is 1.99. The fraction of sp³-hybridized carbons (Fsp3) is 0.500. The monoisotopic (exact) mass is 211 g/mol. The number of nitrogens with one attached hydrogen (secondary N) is 1. The third-order valence-corrected chi connectivity index (χ3v) is 2.81. The molecule has 0 saturated heterocycles. The highest BCUT2D eigenvalue weighted by Crippen LogP contribution is 2.26. The lowest BCUT2D eigenvalue weighted by Crippen LogP contribution is -2.44. The van der Waals surface area contributed by atoms with Gasteiger partial charge in [-0.05, 0) is 31.4 Å². The van der Waals surface area contributed by atoms with Gasteiger partial charge in [0.2, 0.25) is 0 Å². The Hall–Kier alpha value is -0.800. The molecule has 76 valence electrons. The van der Waals surface area contributed by atoms with Crippen LogP contribution in [-0.2, 0) is 0 Å². The van der Waals surface area contributed by atoms with Gasteiger partial charge in [0.25, 0.3) is 0 Å². The van der Waals surface area contributed by atoms with E-state index in [1.54, 1.807) is 6.20 Å². The molecule has 3 N–H and O–H groups in total. The maximum Gasteiger partial charge on any atom is 0.152 e. The predicted molar refractivity (Wildman–Crippen MR) is 58.6 cm³/mol. The summed E-state index contributed by atoms with van der Waals surface area (Å²) in [4.78, 5) is 4.08. The highest BCUT2D eigenvalue weighted by Gasteiger charge is 2.26. The first-order valence-electron chi connectivity index (χ1n) is 4.79. The Kier molecular flexibility index (Phi) is 2.61. The lowest BCUT2D eigenvalue weighted by atomic mass is 9.87. The van der Waals surface area contributed by atoms with Crippen LogP contribution in [0.25, 0.3) is 0 Å². The van der Waals surface area contributed by atoms with Gasteiger partial charge in [-0.2, -0.15) is 0 Å². The molecule has 1 aliphatic carbocycles. The van der Waals surface area contributed by atoms with Gasteiger partial charge in [-0.1, -0.05) is 11.6 Å². The Morgan fingerprint density at radius 2 is 2.29 bits per heavy atom. The predicted octanol–water partition coefficient (Wildman–Crippen LogP) is 1.95. The van der Waals surface area contributed by atoms with Gasteiger partial charge in [-0.25, -0.2) is 4.98 Å². The van der Waals surface area contributed by atoms with E-state index >= 15 is 0 Å². The lowest BCUT2D eigenvalue weighted by Gasteiger charge is -2.33. The molecule has 1 aliphatic rings. The summed E-state index contributed by atoms with van der Waals surface area (Å²) in [7, 11) is 0. The zero-order chi connectivity index (χ0) is 10.1. The largest absolute Gasteiger partial charge is 0.380 e. The van der Waals surface area contributed by atoms with Crippen LogP contribution < -0.4 is 11.1 Å². The minimum absolute atomic E-state index is 0.351. The van der Waals surface area contributed by atoms with E-state index in [4.69, 9.17) is 17.3 Å². The van der Waals surface area contributed by atoms with Crippen molar-refractivity contribution >= 4 is 17.3 Å². The number of nitrogens with two attached hydrogens (primary N) is 1. The second-order valence-electron chi connectivity index (χ2n) is 3.92. The van der Waals surface area contributed by atoms with Crippen LogP contribution in [-0.4, -0.2) is 17.1 Å². The Morgan fingerprint density at radius 3 is 2.93 bits per heavy atom. The SMILES string of the molecule is Cc1cnc(Cl)c(NC2CC(N)C2)c1. The van der Waals surface area contributed by atoms with Crippen molar-refractivity contribution in [3.05, 3.63) is 23.0 Å². The molecule has 0 amide bonds. The summed E-state index contributed by atoms with van der Waals surface area (Å²) in [5.41, 5.74) is 7.73. The second-order valence-corrected chi connectivity index (χ2v) is 4.28. The molecule has 0 unspecified atom stereocenters. The number of hydrogen-bond acceptors (Lipinski definition) is 3. The van der Waals surface area contributed by atoms with Crippen LogP contribution in [0.15, 0.2) is 12.3 Å². The van der Waals surface area contributed by atoms with Crippen molar-refractivity contribution in [2.75, 3.05) is 5.32 Å². The van der Waals surface area contributed by atoms with Crippen LogP contribution in [0, 0.1) is 6.92 Å². The first kappa shape index (κ1) is 9.74. The van der Waals surface area contributed by atoms with E-state index in [-0.39, 0.29) is 0 Å². The van der Waals surface area contributed by atoms with Gasteiger partial charge >= 0.3 is 0 Å². The first-order chi connectivity index (χ1) is 6.65. The molecule has 0 aliphatic heterocycles. The number of hydrogen-bond donors (Lipinski definition) is 2. The molecule has 4 heteroatoms. The zero-order valence-corrected chi connectivity index (χ0v) is 8.88. The van der Waals surface area contributed by atoms with Crippen LogP contribution >= 0.6 is 11.6 Å². The van der Waals surface area contributed by atoms with E-state index in [9.17, 15) is 0 Å². The average Bonchev–Trinajstić information content (AvgIpc) is 2.09. The summed E-state index contributed by atoms with van der Waals surface area (Å²) in [6.07, 6.45) is 3.80. The van der Waals surface area contributed by atoms with Gasteiger partial charge in [0.1, 0.15) is 0 Å². The average molecular weight is 212 g/mol. The maximum absolute atomic E-state index is 5.95. The minimum Gasteiger partial charge on any atom is -0.380 e. The molecule has 0 atom stereocenters. The van der Waals surface area contributed by atoms with Gasteiger partial charge in [0.05, 0.1) is 5.69 Å². The Labute approximate surface area is 88.7 Å². The van der Waals surface area contributed by atoms with Gasteiger partial charge in [-0.3, -0.25) is 0 Å². The molecule has 1 aromatic heterocycles. The molecule has 0 bridgehead atoms. The molecule has 0 aromatic carbocycles. The molecular formula is C10H14ClN3. The van der Waals surface area contributed by atoms with Crippen molar-refractivity contribution in [3.8, 4) is 0 Å². The Morgan fingerprint density at radius 1 is 1.57 bits per heavy atom. The summed E-state index contributed by atoms with van der Waals surface area (Å²) in [6, 6.07) is 2.83. The number of halogens is 1. The number of nitrogens with zero attached hydrogens (tertiary/aromatic N) is 1. The van der Waals surface area contributed by atoms with Gasteiger partial charge < -0.3 is 11.1 Å². The number of pyridine rings is 1. The topological polar surface area (TPSA) is 50.9 Å². The second kappa shape index (κ2) is 3.75. The van der Waals surface area contributed by atoms with E-state index in [1.807, 2.05) is 13.0 Å². The van der Waals surface area contributed by atoms with Crippen LogP contribution in [0.2, 0.25) is 5.15 Å². The number of anilines is 1. The van der Waals surface area contributed by atoms with Crippen LogP contribution in [0.1, 0.15) is 18.4 Å². The minimum atomic E-state index is 0.351. The highest BCUT2D eigenvalue weighted by atomic mass is 35.5. The van der Waals surface area contributed by atoms with Crippen LogP contribution in [0.3, 0.4) is 0 Å². The number of aromatic nitrogens is 1. The summed E-state index contributed by atoms with van der Waals surface area (Å²) >= 11 is 5.95. The Bertz CT molecular complexity index is 334. The van der Waals surface area contributed by atoms with Crippen molar-refractivity contribution in [2.45, 2.75) is 31.8 Å². The molecule has 1 saturated carbocycles. The smallest absolute Gasteiger partial charge is 0.152 e. The molecule has 1 heterocycles. The highest BCUT2D eigenvalue weighted by molar-refractivity contribution is 6.31. The first-order valence-corrected chi connectivity index (χ1v) is 5.17. The Balaban J connectivity index is 2.05. The molecule has 14 heavy (non-hydrogen) atoms. The molecule has 1 fully saturated rings. The van der Waals surface area contributed by atoms with Crippen molar-refractivity contribution in [1.82, 2.24) is 4.98 Å². The van der Waals surface area contributed by atoms with Crippen molar-refractivity contribution in [2.24, 2.45) is 5.73 Å². The van der Waals surface area contributed by atoms with Gasteiger partial charge in [0.15, 0.2) is 5.15 Å². The van der Waals surface area contributed by atoms with Crippen molar-refractivity contribution < 1.29 is 0 Å². The van der Waals surface area contributed by atoms with E-state index in [0.29, 0.717) is 17.2 Å². The van der Waals surface area contributed by atoms with Crippen LogP contribution in [0.5, 0.6) is 0 Å². The third-order valence-electron chi connectivity index (χ3n) is 2.51. The van der Waals surface area contributed by atoms with E-state index in [0.717, 1.165) is 24.1 Å². The number of aryl methyl sites for hydroxylation is 1. The fourth-order valence-corrected chi connectivity index (χ4v) is 1.81. The quantitative estimate of drug-likeness (QED) is 0.736. The van der Waals surface area contributed by atoms with Gasteiger partial charge in [0, 0.05) is 18.3 Å². The summed E-state index contributed by atoms with van der Waals surface area (Å²) in [6.45, 7) is 2.00. The van der Waals surface area contributed by atoms with E-state index < -0.39 is 0 Å². The van der Waals surface area contributed by atoms with Crippen LogP contribution in [0.4, 0.5) is 5.69 Å². The lowest BCUT2D eigenvalue weighted by molar-refractivity contribution is 0.373. The molecule has 3 nitrogen and oxygen atoms in total. The van der Waals surface area contributed by atoms with E-state index in [2.05, 4.69) is 10.3 Å². The summed E-state index contributed by atoms with van der Waals surface area (Å²) in [5, 5.41) is 3.88.